The summed E-state index contributed by atoms with van der Waals surface area (Å²) in [6, 6.07) is 0. The van der Waals surface area contributed by atoms with Gasteiger partial charge in [-0.15, -0.1) is 0 Å². The summed E-state index contributed by atoms with van der Waals surface area (Å²) in [5.41, 5.74) is 0. The zero-order valence-corrected chi connectivity index (χ0v) is 10.2. The van der Waals surface area contributed by atoms with Gasteiger partial charge in [-0.25, -0.2) is 4.79 Å². The molecule has 0 bridgehead atoms. The lowest BCUT2D eigenvalue weighted by atomic mass is 10.3. The largest absolute Gasteiger partial charge is 0.444 e. The Hall–Kier alpha value is -1.44. The molecule has 1 heterocycles. The molecule has 8 heteroatoms. The normalized spacial score (nSPS) is 19.8. The van der Waals surface area contributed by atoms with Crippen LogP contribution in [-0.2, 0) is 9.53 Å². The number of hydrogen-bond acceptors (Lipinski definition) is 4. The van der Waals surface area contributed by atoms with Crippen LogP contribution in [0.2, 0.25) is 0 Å². The van der Waals surface area contributed by atoms with Crippen molar-refractivity contribution in [2.24, 2.45) is 0 Å². The van der Waals surface area contributed by atoms with Gasteiger partial charge in [-0.05, 0) is 0 Å². The van der Waals surface area contributed by atoms with Gasteiger partial charge in [0, 0.05) is 27.1 Å². The van der Waals surface area contributed by atoms with Crippen molar-refractivity contribution in [3.8, 4) is 0 Å². The quantitative estimate of drug-likeness (QED) is 0.775. The maximum atomic E-state index is 13.0. The second-order valence-corrected chi connectivity index (χ2v) is 4.30. The number of rotatable bonds is 3. The van der Waals surface area contributed by atoms with E-state index in [1.54, 1.807) is 0 Å². The van der Waals surface area contributed by atoms with Gasteiger partial charge in [0.2, 0.25) is 0 Å². The van der Waals surface area contributed by atoms with E-state index in [1.807, 2.05) is 0 Å². The molecule has 0 aliphatic carbocycles. The number of ether oxygens (including phenoxy) is 1. The summed E-state index contributed by atoms with van der Waals surface area (Å²) in [5.74, 6) is -5.21. The highest BCUT2D eigenvalue weighted by Crippen LogP contribution is 2.21. The molecule has 1 atom stereocenters. The van der Waals surface area contributed by atoms with E-state index in [4.69, 9.17) is 9.84 Å². The molecule has 104 valence electrons. The van der Waals surface area contributed by atoms with Crippen molar-refractivity contribution in [1.29, 1.82) is 0 Å². The molecule has 1 rings (SSSR count). The van der Waals surface area contributed by atoms with Gasteiger partial charge in [0.1, 0.15) is 12.7 Å². The fourth-order valence-corrected chi connectivity index (χ4v) is 1.56. The van der Waals surface area contributed by atoms with Crippen LogP contribution in [0.4, 0.5) is 13.6 Å². The maximum Gasteiger partial charge on any atom is 0.409 e. The molecule has 2 amide bonds. The zero-order valence-electron chi connectivity index (χ0n) is 10.2. The minimum absolute atomic E-state index is 0.0754. The average molecular weight is 266 g/mol. The summed E-state index contributed by atoms with van der Waals surface area (Å²) in [4.78, 5) is 24.7. The first kappa shape index (κ1) is 14.6. The summed E-state index contributed by atoms with van der Waals surface area (Å²) in [6.45, 7) is -1.52. The van der Waals surface area contributed by atoms with Crippen molar-refractivity contribution in [2.75, 3.05) is 33.8 Å². The monoisotopic (exact) mass is 266 g/mol. The van der Waals surface area contributed by atoms with Gasteiger partial charge in [0.05, 0.1) is 6.54 Å². The smallest absolute Gasteiger partial charge is 0.409 e. The number of aliphatic hydroxyl groups is 1. The van der Waals surface area contributed by atoms with Gasteiger partial charge in [-0.2, -0.15) is 8.78 Å². The molecule has 6 nitrogen and oxygen atoms in total. The number of hydrogen-bond donors (Lipinski definition) is 1. The molecular formula is C10H16F2N2O4. The third kappa shape index (κ3) is 3.28. The Morgan fingerprint density at radius 3 is 2.61 bits per heavy atom. The number of alkyl halides is 2. The van der Waals surface area contributed by atoms with E-state index in [1.165, 1.54) is 19.0 Å². The van der Waals surface area contributed by atoms with E-state index in [0.29, 0.717) is 6.42 Å². The molecule has 0 saturated carbocycles. The number of halogens is 2. The molecule has 0 aromatic rings. The SMILES string of the molecule is CN(C)C(=O)OC1CCN(C(=O)C(F)(F)CO)C1. The molecule has 1 N–H and O–H groups in total. The van der Waals surface area contributed by atoms with Gasteiger partial charge < -0.3 is 19.6 Å². The van der Waals surface area contributed by atoms with Crippen LogP contribution in [0.3, 0.4) is 0 Å². The molecule has 0 aromatic heterocycles. The average Bonchev–Trinajstić information content (AvgIpc) is 2.76. The fraction of sp³-hybridized carbons (Fsp3) is 0.800. The van der Waals surface area contributed by atoms with Crippen LogP contribution >= 0.6 is 0 Å². The number of likely N-dealkylation sites (tertiary alicyclic amines) is 1. The first-order valence-electron chi connectivity index (χ1n) is 5.44. The predicted octanol–water partition coefficient (Wildman–Crippen LogP) is -0.0869. The van der Waals surface area contributed by atoms with Gasteiger partial charge >= 0.3 is 12.0 Å². The first-order valence-corrected chi connectivity index (χ1v) is 5.44. The van der Waals surface area contributed by atoms with Crippen LogP contribution in [0.1, 0.15) is 6.42 Å². The van der Waals surface area contributed by atoms with Crippen molar-refractivity contribution < 1.29 is 28.2 Å². The van der Waals surface area contributed by atoms with Crippen LogP contribution < -0.4 is 0 Å². The second-order valence-electron chi connectivity index (χ2n) is 4.30. The Bertz CT molecular complexity index is 336. The Labute approximate surface area is 103 Å². The lowest BCUT2D eigenvalue weighted by Crippen LogP contribution is -2.45. The van der Waals surface area contributed by atoms with Crippen molar-refractivity contribution >= 4 is 12.0 Å². The molecule has 1 saturated heterocycles. The number of aliphatic hydroxyl groups excluding tert-OH is 1. The predicted molar refractivity (Wildman–Crippen MR) is 57.2 cm³/mol. The summed E-state index contributed by atoms with van der Waals surface area (Å²) in [6.07, 6.45) is -0.853. The third-order valence-corrected chi connectivity index (χ3v) is 2.58. The van der Waals surface area contributed by atoms with E-state index in [0.717, 1.165) is 4.90 Å². The van der Waals surface area contributed by atoms with Gasteiger partial charge in [-0.3, -0.25) is 4.79 Å². The van der Waals surface area contributed by atoms with Crippen molar-refractivity contribution in [2.45, 2.75) is 18.4 Å². The topological polar surface area (TPSA) is 70.1 Å². The highest BCUT2D eigenvalue weighted by molar-refractivity contribution is 5.84. The van der Waals surface area contributed by atoms with Crippen LogP contribution in [0, 0.1) is 0 Å². The maximum absolute atomic E-state index is 13.0. The molecule has 1 aliphatic rings. The van der Waals surface area contributed by atoms with Crippen LogP contribution in [0.15, 0.2) is 0 Å². The Balaban J connectivity index is 2.51. The molecule has 0 radical (unpaired) electrons. The van der Waals surface area contributed by atoms with Gasteiger partial charge in [0.25, 0.3) is 5.91 Å². The van der Waals surface area contributed by atoms with Crippen LogP contribution in [-0.4, -0.2) is 72.7 Å². The lowest BCUT2D eigenvalue weighted by Gasteiger charge is -2.21. The minimum Gasteiger partial charge on any atom is -0.444 e. The fourth-order valence-electron chi connectivity index (χ4n) is 1.56. The highest BCUT2D eigenvalue weighted by atomic mass is 19.3. The number of carbonyl (C=O) groups is 2. The standard InChI is InChI=1S/C10H16F2N2O4/c1-13(2)9(17)18-7-3-4-14(5-7)8(16)10(11,12)6-15/h7,15H,3-6H2,1-2H3. The van der Waals surface area contributed by atoms with Crippen LogP contribution in [0.5, 0.6) is 0 Å². The van der Waals surface area contributed by atoms with E-state index in [2.05, 4.69) is 0 Å². The molecule has 1 fully saturated rings. The lowest BCUT2D eigenvalue weighted by molar-refractivity contribution is -0.162. The third-order valence-electron chi connectivity index (χ3n) is 2.58. The summed E-state index contributed by atoms with van der Waals surface area (Å²) < 4.78 is 30.9. The van der Waals surface area contributed by atoms with Gasteiger partial charge in [0.15, 0.2) is 0 Å². The summed E-state index contributed by atoms with van der Waals surface area (Å²) >= 11 is 0. The Morgan fingerprint density at radius 1 is 1.50 bits per heavy atom. The van der Waals surface area contributed by atoms with Crippen molar-refractivity contribution in [3.05, 3.63) is 0 Å². The van der Waals surface area contributed by atoms with E-state index < -0.39 is 30.6 Å². The Morgan fingerprint density at radius 2 is 2.11 bits per heavy atom. The molecule has 18 heavy (non-hydrogen) atoms. The summed E-state index contributed by atoms with van der Waals surface area (Å²) in [5, 5.41) is 8.42. The van der Waals surface area contributed by atoms with Gasteiger partial charge in [-0.1, -0.05) is 0 Å². The molecular weight excluding hydrogens is 250 g/mol. The summed E-state index contributed by atoms with van der Waals surface area (Å²) in [7, 11) is 3.00. The second kappa shape index (κ2) is 5.47. The first-order chi connectivity index (χ1) is 8.27. The van der Waals surface area contributed by atoms with E-state index in [-0.39, 0.29) is 13.1 Å². The highest BCUT2D eigenvalue weighted by Gasteiger charge is 2.44. The van der Waals surface area contributed by atoms with Crippen molar-refractivity contribution in [1.82, 2.24) is 9.80 Å². The minimum atomic E-state index is -3.78. The zero-order chi connectivity index (χ0) is 13.9. The van der Waals surface area contributed by atoms with E-state index in [9.17, 15) is 18.4 Å². The molecule has 0 spiro atoms. The number of carbonyl (C=O) groups excluding carboxylic acids is 2. The van der Waals surface area contributed by atoms with Crippen molar-refractivity contribution in [3.63, 3.8) is 0 Å². The number of amides is 2. The molecule has 1 aliphatic heterocycles. The van der Waals surface area contributed by atoms with Crippen LogP contribution in [0.25, 0.3) is 0 Å². The number of nitrogens with zero attached hydrogens (tertiary/aromatic N) is 2. The Kier molecular flexibility index (Phi) is 4.44. The van der Waals surface area contributed by atoms with E-state index >= 15 is 0 Å². The molecule has 0 aromatic carbocycles. The molecule has 1 unspecified atom stereocenters.